The molecule has 0 saturated carbocycles. The number of methoxy groups -OCH3 is 1. The van der Waals surface area contributed by atoms with E-state index in [0.717, 1.165) is 0 Å². The van der Waals surface area contributed by atoms with Gasteiger partial charge in [0, 0.05) is 4.47 Å². The van der Waals surface area contributed by atoms with E-state index in [-0.39, 0.29) is 22.4 Å². The number of rotatable bonds is 2. The van der Waals surface area contributed by atoms with Crippen LogP contribution in [0.15, 0.2) is 19.9 Å². The monoisotopic (exact) mass is 379 g/mol. The summed E-state index contributed by atoms with van der Waals surface area (Å²) in [5.41, 5.74) is 1.55. The van der Waals surface area contributed by atoms with Crippen molar-refractivity contribution in [2.75, 3.05) is 12.8 Å². The zero-order valence-electron chi connectivity index (χ0n) is 7.86. The second-order valence-electron chi connectivity index (χ2n) is 2.67. The van der Waals surface area contributed by atoms with Crippen LogP contribution in [0, 0.1) is 0 Å². The average molecular weight is 381 g/mol. The first-order valence-electron chi connectivity index (χ1n) is 3.83. The van der Waals surface area contributed by atoms with Gasteiger partial charge in [-0.05, 0) is 49.7 Å². The zero-order chi connectivity index (χ0) is 12.5. The first-order chi connectivity index (χ1) is 7.26. The number of hydrogen-bond acceptors (Lipinski definition) is 3. The summed E-state index contributed by atoms with van der Waals surface area (Å²) in [6.07, 6.45) is 0. The highest BCUT2D eigenvalue weighted by atomic mass is 79.9. The number of halogens is 5. The predicted molar refractivity (Wildman–Crippen MR) is 64.7 cm³/mol. The molecule has 1 aromatic rings. The molecule has 0 unspecified atom stereocenters. The normalized spacial score (nSPS) is 11.6. The van der Waals surface area contributed by atoms with Crippen LogP contribution in [0.3, 0.4) is 0 Å². The van der Waals surface area contributed by atoms with Crippen molar-refractivity contribution in [3.63, 3.8) is 0 Å². The number of ether oxygens (including phenoxy) is 1. The molecule has 1 rings (SSSR count). The highest BCUT2D eigenvalue weighted by Crippen LogP contribution is 2.48. The van der Waals surface area contributed by atoms with Crippen molar-refractivity contribution in [3.8, 4) is 5.75 Å². The summed E-state index contributed by atoms with van der Waals surface area (Å²) in [7, 11) is 1.29. The summed E-state index contributed by atoms with van der Waals surface area (Å²) in [5, 5.41) is 0. The largest absolute Gasteiger partial charge is 0.494 e. The number of thioether (sulfide) groups is 1. The molecule has 0 saturated heterocycles. The average Bonchev–Trinajstić information content (AvgIpc) is 2.12. The van der Waals surface area contributed by atoms with Crippen molar-refractivity contribution in [1.29, 1.82) is 0 Å². The van der Waals surface area contributed by atoms with E-state index in [9.17, 15) is 13.2 Å². The molecule has 0 aliphatic heterocycles. The summed E-state index contributed by atoms with van der Waals surface area (Å²) >= 11 is 5.91. The second-order valence-corrected chi connectivity index (χ2v) is 5.42. The smallest absolute Gasteiger partial charge is 0.446 e. The fourth-order valence-electron chi connectivity index (χ4n) is 0.984. The number of benzene rings is 1. The topological polar surface area (TPSA) is 35.2 Å². The Labute approximate surface area is 111 Å². The lowest BCUT2D eigenvalue weighted by atomic mass is 10.3. The SMILES string of the molecule is COc1c(SC(F)(F)F)cc(Br)c(N)c1Br. The third kappa shape index (κ3) is 3.21. The molecule has 0 fully saturated rings. The molecule has 0 bridgehead atoms. The summed E-state index contributed by atoms with van der Waals surface area (Å²) in [5.74, 6) is 0.0722. The van der Waals surface area contributed by atoms with Gasteiger partial charge in [0.25, 0.3) is 0 Å². The van der Waals surface area contributed by atoms with Crippen molar-refractivity contribution < 1.29 is 17.9 Å². The number of nitrogens with two attached hydrogens (primary N) is 1. The Morgan fingerprint density at radius 1 is 1.38 bits per heavy atom. The number of nitrogen functional groups attached to an aromatic ring is 1. The van der Waals surface area contributed by atoms with E-state index in [0.29, 0.717) is 14.6 Å². The van der Waals surface area contributed by atoms with Gasteiger partial charge in [0.05, 0.1) is 22.2 Å². The molecule has 90 valence electrons. The summed E-state index contributed by atoms with van der Waals surface area (Å²) in [6.45, 7) is 0. The van der Waals surface area contributed by atoms with Crippen LogP contribution in [0.25, 0.3) is 0 Å². The summed E-state index contributed by atoms with van der Waals surface area (Å²) in [4.78, 5) is -0.0528. The molecule has 2 N–H and O–H groups in total. The van der Waals surface area contributed by atoms with E-state index in [4.69, 9.17) is 10.5 Å². The molecule has 2 nitrogen and oxygen atoms in total. The summed E-state index contributed by atoms with van der Waals surface area (Å²) in [6, 6.07) is 1.27. The van der Waals surface area contributed by atoms with Crippen molar-refractivity contribution in [2.45, 2.75) is 10.4 Å². The predicted octanol–water partition coefficient (Wildman–Crippen LogP) is 4.41. The van der Waals surface area contributed by atoms with E-state index in [1.165, 1.54) is 13.2 Å². The van der Waals surface area contributed by atoms with Crippen LogP contribution in [0.2, 0.25) is 0 Å². The lowest BCUT2D eigenvalue weighted by molar-refractivity contribution is -0.0328. The molecule has 0 atom stereocenters. The first kappa shape index (κ1) is 14.0. The standard InChI is InChI=1S/C8H6Br2F3NOS/c1-15-7-4(16-8(11,12)13)2-3(9)6(14)5(7)10/h2H,14H2,1H3. The fourth-order valence-corrected chi connectivity index (χ4v) is 3.25. The van der Waals surface area contributed by atoms with Crippen molar-refractivity contribution in [3.05, 3.63) is 15.0 Å². The molecule has 8 heteroatoms. The Morgan fingerprint density at radius 2 is 1.94 bits per heavy atom. The first-order valence-corrected chi connectivity index (χ1v) is 6.23. The maximum absolute atomic E-state index is 12.3. The maximum Gasteiger partial charge on any atom is 0.446 e. The Morgan fingerprint density at radius 3 is 2.38 bits per heavy atom. The minimum absolute atomic E-state index is 0.0528. The fraction of sp³-hybridized carbons (Fsp3) is 0.250. The molecule has 0 amide bonds. The molecule has 16 heavy (non-hydrogen) atoms. The third-order valence-electron chi connectivity index (χ3n) is 1.60. The number of hydrogen-bond donors (Lipinski definition) is 1. The van der Waals surface area contributed by atoms with Crippen LogP contribution < -0.4 is 10.5 Å². The van der Waals surface area contributed by atoms with Crippen molar-refractivity contribution >= 4 is 49.3 Å². The van der Waals surface area contributed by atoms with Gasteiger partial charge < -0.3 is 10.5 Å². The van der Waals surface area contributed by atoms with Crippen LogP contribution in [-0.4, -0.2) is 12.6 Å². The number of alkyl halides is 3. The third-order valence-corrected chi connectivity index (χ3v) is 3.80. The van der Waals surface area contributed by atoms with E-state index in [1.54, 1.807) is 0 Å². The Balaban J connectivity index is 3.28. The zero-order valence-corrected chi connectivity index (χ0v) is 11.8. The Kier molecular flexibility index (Phi) is 4.42. The maximum atomic E-state index is 12.3. The quantitative estimate of drug-likeness (QED) is 0.609. The lowest BCUT2D eigenvalue weighted by Crippen LogP contribution is -2.02. The van der Waals surface area contributed by atoms with Gasteiger partial charge in [0.2, 0.25) is 0 Å². The van der Waals surface area contributed by atoms with Crippen LogP contribution in [-0.2, 0) is 0 Å². The summed E-state index contributed by atoms with van der Waals surface area (Å²) < 4.78 is 42.4. The van der Waals surface area contributed by atoms with Gasteiger partial charge in [-0.25, -0.2) is 0 Å². The van der Waals surface area contributed by atoms with E-state index >= 15 is 0 Å². The molecule has 0 radical (unpaired) electrons. The molecule has 0 aliphatic rings. The van der Waals surface area contributed by atoms with Crippen LogP contribution in [0.4, 0.5) is 18.9 Å². The van der Waals surface area contributed by atoms with Crippen molar-refractivity contribution in [1.82, 2.24) is 0 Å². The Hall–Kier alpha value is -0.0800. The lowest BCUT2D eigenvalue weighted by Gasteiger charge is -2.14. The number of anilines is 1. The molecule has 0 aromatic heterocycles. The minimum Gasteiger partial charge on any atom is -0.494 e. The molecule has 0 aliphatic carbocycles. The van der Waals surface area contributed by atoms with Gasteiger partial charge in [-0.15, -0.1) is 0 Å². The van der Waals surface area contributed by atoms with Gasteiger partial charge in [0.15, 0.2) is 0 Å². The highest BCUT2D eigenvalue weighted by Gasteiger charge is 2.32. The van der Waals surface area contributed by atoms with Crippen LogP contribution in [0.5, 0.6) is 5.75 Å². The van der Waals surface area contributed by atoms with E-state index in [2.05, 4.69) is 31.9 Å². The highest BCUT2D eigenvalue weighted by molar-refractivity contribution is 9.11. The van der Waals surface area contributed by atoms with Gasteiger partial charge in [-0.1, -0.05) is 0 Å². The molecule has 0 heterocycles. The van der Waals surface area contributed by atoms with Crippen LogP contribution >= 0.6 is 43.6 Å². The van der Waals surface area contributed by atoms with Gasteiger partial charge in [0.1, 0.15) is 5.75 Å². The molecule has 0 spiro atoms. The Bertz CT molecular complexity index is 411. The minimum atomic E-state index is -4.37. The van der Waals surface area contributed by atoms with Crippen LogP contribution in [0.1, 0.15) is 0 Å². The van der Waals surface area contributed by atoms with E-state index < -0.39 is 5.51 Å². The van der Waals surface area contributed by atoms with Gasteiger partial charge >= 0.3 is 5.51 Å². The molecular weight excluding hydrogens is 375 g/mol. The van der Waals surface area contributed by atoms with Gasteiger partial charge in [-0.2, -0.15) is 13.2 Å². The van der Waals surface area contributed by atoms with Gasteiger partial charge in [-0.3, -0.25) is 0 Å². The second kappa shape index (κ2) is 5.05. The molecular formula is C8H6Br2F3NOS. The van der Waals surface area contributed by atoms with Crippen molar-refractivity contribution in [2.24, 2.45) is 0 Å². The molecule has 1 aromatic carbocycles. The van der Waals surface area contributed by atoms with E-state index in [1.807, 2.05) is 0 Å².